The summed E-state index contributed by atoms with van der Waals surface area (Å²) in [7, 11) is 0. The first-order chi connectivity index (χ1) is 7.99. The molecule has 0 aliphatic rings. The Hall–Kier alpha value is -0.300. The van der Waals surface area contributed by atoms with E-state index in [0.29, 0.717) is 22.9 Å². The zero-order valence-electron chi connectivity index (χ0n) is 11.4. The van der Waals surface area contributed by atoms with Gasteiger partial charge in [0.15, 0.2) is 10.1 Å². The molecular weight excluding hydrogens is 272 g/mol. The number of thiocarbonyl (C=S) groups is 2. The van der Waals surface area contributed by atoms with Crippen molar-refractivity contribution >= 4 is 34.5 Å². The van der Waals surface area contributed by atoms with Gasteiger partial charge in [0, 0.05) is 12.8 Å². The minimum atomic E-state index is -0.867. The third-order valence-electron chi connectivity index (χ3n) is 1.76. The van der Waals surface area contributed by atoms with Crippen molar-refractivity contribution in [3.05, 3.63) is 0 Å². The first-order valence-electron chi connectivity index (χ1n) is 5.76. The molecule has 0 heterocycles. The lowest BCUT2D eigenvalue weighted by Crippen LogP contribution is -2.26. The van der Waals surface area contributed by atoms with Crippen molar-refractivity contribution in [2.45, 2.75) is 51.7 Å². The van der Waals surface area contributed by atoms with Crippen LogP contribution >= 0.6 is 24.4 Å². The first-order valence-corrected chi connectivity index (χ1v) is 6.57. The van der Waals surface area contributed by atoms with E-state index in [4.69, 9.17) is 33.9 Å². The van der Waals surface area contributed by atoms with Crippen molar-refractivity contribution in [1.29, 1.82) is 0 Å². The smallest absolute Gasteiger partial charge is 0.162 e. The molecule has 0 aromatic heterocycles. The minimum absolute atomic E-state index is 0.279. The van der Waals surface area contributed by atoms with Crippen LogP contribution in [0.15, 0.2) is 0 Å². The van der Waals surface area contributed by atoms with Gasteiger partial charge in [-0.3, -0.25) is 0 Å². The Kier molecular flexibility index (Phi) is 7.21. The Balaban J connectivity index is 3.69. The summed E-state index contributed by atoms with van der Waals surface area (Å²) in [6.45, 7) is 7.21. The molecule has 6 heteroatoms. The predicted octanol–water partition coefficient (Wildman–Crippen LogP) is 2.00. The van der Waals surface area contributed by atoms with Crippen LogP contribution in [0.25, 0.3) is 0 Å². The summed E-state index contributed by atoms with van der Waals surface area (Å²) >= 11 is 9.92. The van der Waals surface area contributed by atoms with Crippen LogP contribution in [0.3, 0.4) is 0 Å². The molecule has 0 aromatic rings. The molecule has 0 aliphatic carbocycles. The van der Waals surface area contributed by atoms with Gasteiger partial charge in [0.2, 0.25) is 0 Å². The van der Waals surface area contributed by atoms with E-state index in [1.165, 1.54) is 0 Å². The van der Waals surface area contributed by atoms with Gasteiger partial charge in [-0.15, -0.1) is 0 Å². The fraction of sp³-hybridized carbons (Fsp3) is 0.833. The van der Waals surface area contributed by atoms with E-state index < -0.39 is 11.2 Å². The monoisotopic (exact) mass is 294 g/mol. The molecular formula is C12H22O4S2. The maximum absolute atomic E-state index is 9.51. The van der Waals surface area contributed by atoms with E-state index in [0.717, 1.165) is 0 Å². The third-order valence-corrected chi connectivity index (χ3v) is 2.29. The predicted molar refractivity (Wildman–Crippen MR) is 78.9 cm³/mol. The van der Waals surface area contributed by atoms with Crippen LogP contribution in [0, 0.1) is 0 Å². The van der Waals surface area contributed by atoms with Crippen LogP contribution in [0.5, 0.6) is 0 Å². The Morgan fingerprint density at radius 1 is 0.833 bits per heavy atom. The van der Waals surface area contributed by atoms with Crippen LogP contribution in [0.4, 0.5) is 0 Å². The van der Waals surface area contributed by atoms with Gasteiger partial charge in [0.25, 0.3) is 0 Å². The summed E-state index contributed by atoms with van der Waals surface area (Å²) in [6, 6.07) is 0. The molecule has 0 bridgehead atoms. The van der Waals surface area contributed by atoms with E-state index in [-0.39, 0.29) is 13.2 Å². The second-order valence-electron chi connectivity index (χ2n) is 5.42. The molecule has 0 saturated heterocycles. The van der Waals surface area contributed by atoms with Crippen molar-refractivity contribution in [1.82, 2.24) is 0 Å². The zero-order valence-corrected chi connectivity index (χ0v) is 13.0. The summed E-state index contributed by atoms with van der Waals surface area (Å²) < 4.78 is 10.4. The SMILES string of the molecule is CC(C)(O)CC(=S)OCCOC(=S)CC(C)(C)O. The highest BCUT2D eigenvalue weighted by atomic mass is 32.1. The lowest BCUT2D eigenvalue weighted by molar-refractivity contribution is 0.0761. The van der Waals surface area contributed by atoms with Crippen LogP contribution in [0.2, 0.25) is 0 Å². The lowest BCUT2D eigenvalue weighted by atomic mass is 10.1. The molecule has 0 aromatic carbocycles. The second kappa shape index (κ2) is 7.33. The van der Waals surface area contributed by atoms with E-state index in [1.54, 1.807) is 27.7 Å². The Bertz CT molecular complexity index is 259. The molecule has 4 nitrogen and oxygen atoms in total. The van der Waals surface area contributed by atoms with Gasteiger partial charge in [0.1, 0.15) is 13.2 Å². The van der Waals surface area contributed by atoms with E-state index in [9.17, 15) is 10.2 Å². The molecule has 0 rings (SSSR count). The molecule has 2 N–H and O–H groups in total. The quantitative estimate of drug-likeness (QED) is 0.553. The highest BCUT2D eigenvalue weighted by Gasteiger charge is 2.17. The molecule has 0 fully saturated rings. The number of hydrogen-bond donors (Lipinski definition) is 2. The molecule has 0 amide bonds. The number of aliphatic hydroxyl groups is 2. The van der Waals surface area contributed by atoms with Crippen molar-refractivity contribution in [3.8, 4) is 0 Å². The average molecular weight is 294 g/mol. The third kappa shape index (κ3) is 12.2. The molecule has 18 heavy (non-hydrogen) atoms. The van der Waals surface area contributed by atoms with Crippen LogP contribution in [0.1, 0.15) is 40.5 Å². The summed E-state index contributed by atoms with van der Waals surface area (Å²) in [5.41, 5.74) is -1.73. The molecule has 0 spiro atoms. The maximum atomic E-state index is 9.51. The summed E-state index contributed by atoms with van der Waals surface area (Å²) in [5, 5.41) is 19.7. The Labute approximate surface area is 119 Å². The van der Waals surface area contributed by atoms with Crippen LogP contribution in [-0.2, 0) is 9.47 Å². The van der Waals surface area contributed by atoms with Crippen molar-refractivity contribution < 1.29 is 19.7 Å². The Morgan fingerprint density at radius 3 is 1.33 bits per heavy atom. The molecule has 0 saturated carbocycles. The number of hydrogen-bond acceptors (Lipinski definition) is 6. The molecule has 106 valence electrons. The number of ether oxygens (including phenoxy) is 2. The van der Waals surface area contributed by atoms with Crippen molar-refractivity contribution in [2.24, 2.45) is 0 Å². The van der Waals surface area contributed by atoms with Gasteiger partial charge >= 0.3 is 0 Å². The Morgan fingerprint density at radius 2 is 1.11 bits per heavy atom. The van der Waals surface area contributed by atoms with E-state index >= 15 is 0 Å². The standard InChI is InChI=1S/C12H22O4S2/c1-11(2,13)7-9(17)15-5-6-16-10(18)8-12(3,4)14/h13-14H,5-8H2,1-4H3. The van der Waals surface area contributed by atoms with Gasteiger partial charge < -0.3 is 19.7 Å². The molecule has 0 aliphatic heterocycles. The van der Waals surface area contributed by atoms with Gasteiger partial charge in [-0.1, -0.05) is 0 Å². The first kappa shape index (κ1) is 17.7. The van der Waals surface area contributed by atoms with Gasteiger partial charge in [-0.2, -0.15) is 0 Å². The van der Waals surface area contributed by atoms with Crippen LogP contribution in [-0.4, -0.2) is 44.7 Å². The normalized spacial score (nSPS) is 12.1. The fourth-order valence-electron chi connectivity index (χ4n) is 1.12. The molecule has 0 unspecified atom stereocenters. The average Bonchev–Trinajstić information content (AvgIpc) is 2.06. The lowest BCUT2D eigenvalue weighted by Gasteiger charge is -2.19. The van der Waals surface area contributed by atoms with E-state index in [2.05, 4.69) is 0 Å². The molecule has 0 radical (unpaired) electrons. The highest BCUT2D eigenvalue weighted by molar-refractivity contribution is 7.80. The highest BCUT2D eigenvalue weighted by Crippen LogP contribution is 2.10. The minimum Gasteiger partial charge on any atom is -0.483 e. The van der Waals surface area contributed by atoms with Gasteiger partial charge in [-0.25, -0.2) is 0 Å². The van der Waals surface area contributed by atoms with E-state index in [1.807, 2.05) is 0 Å². The summed E-state index contributed by atoms with van der Waals surface area (Å²) in [4.78, 5) is 0. The van der Waals surface area contributed by atoms with Crippen LogP contribution < -0.4 is 0 Å². The summed E-state index contributed by atoms with van der Waals surface area (Å²) in [6.07, 6.45) is 0.604. The van der Waals surface area contributed by atoms with Gasteiger partial charge in [0.05, 0.1) is 11.2 Å². The van der Waals surface area contributed by atoms with Gasteiger partial charge in [-0.05, 0) is 52.1 Å². The zero-order chi connectivity index (χ0) is 14.4. The number of rotatable bonds is 7. The fourth-order valence-corrected chi connectivity index (χ4v) is 1.99. The van der Waals surface area contributed by atoms with Crippen molar-refractivity contribution in [2.75, 3.05) is 13.2 Å². The topological polar surface area (TPSA) is 58.9 Å². The van der Waals surface area contributed by atoms with Crippen molar-refractivity contribution in [3.63, 3.8) is 0 Å². The maximum Gasteiger partial charge on any atom is 0.162 e. The molecule has 0 atom stereocenters. The largest absolute Gasteiger partial charge is 0.483 e. The summed E-state index contributed by atoms with van der Waals surface area (Å²) in [5.74, 6) is 0. The second-order valence-corrected chi connectivity index (χ2v) is 6.33.